The standard InChI is InChI=1S/C23H31ClN2O2/c1-25(17-20-5-8-23(27)22(24)15-20)16-19-10-13-26(14-11-19)12-9-18-3-6-21(28-2)7-4-18/h3-8,15,19,27H,9-14,16-17H2,1-2H3. The van der Waals surface area contributed by atoms with Gasteiger partial charge >= 0.3 is 0 Å². The van der Waals surface area contributed by atoms with E-state index in [-0.39, 0.29) is 5.75 Å². The number of ether oxygens (including phenoxy) is 1. The summed E-state index contributed by atoms with van der Waals surface area (Å²) in [5.41, 5.74) is 2.51. The van der Waals surface area contributed by atoms with Crippen molar-refractivity contribution in [2.75, 3.05) is 40.3 Å². The average Bonchev–Trinajstić information content (AvgIpc) is 2.70. The molecule has 2 aromatic rings. The van der Waals surface area contributed by atoms with Crippen LogP contribution in [0.3, 0.4) is 0 Å². The van der Waals surface area contributed by atoms with Gasteiger partial charge in [0.15, 0.2) is 0 Å². The van der Waals surface area contributed by atoms with E-state index >= 15 is 0 Å². The summed E-state index contributed by atoms with van der Waals surface area (Å²) in [5, 5.41) is 9.97. The lowest BCUT2D eigenvalue weighted by molar-refractivity contribution is 0.153. The highest BCUT2D eigenvalue weighted by atomic mass is 35.5. The van der Waals surface area contributed by atoms with Gasteiger partial charge in [-0.3, -0.25) is 0 Å². The minimum absolute atomic E-state index is 0.148. The number of methoxy groups -OCH3 is 1. The molecule has 3 rings (SSSR count). The Bertz CT molecular complexity index is 743. The number of phenolic OH excluding ortho intramolecular Hbond substituents is 1. The van der Waals surface area contributed by atoms with E-state index in [1.54, 1.807) is 13.2 Å². The van der Waals surface area contributed by atoms with Crippen molar-refractivity contribution in [2.24, 2.45) is 5.92 Å². The number of piperidine rings is 1. The number of benzene rings is 2. The molecular weight excluding hydrogens is 372 g/mol. The number of hydrogen-bond acceptors (Lipinski definition) is 4. The number of rotatable bonds is 8. The van der Waals surface area contributed by atoms with Crippen molar-refractivity contribution in [1.82, 2.24) is 9.80 Å². The van der Waals surface area contributed by atoms with E-state index < -0.39 is 0 Å². The largest absolute Gasteiger partial charge is 0.506 e. The molecular formula is C23H31ClN2O2. The van der Waals surface area contributed by atoms with Crippen LogP contribution in [-0.4, -0.2) is 55.2 Å². The van der Waals surface area contributed by atoms with Crippen molar-refractivity contribution in [3.8, 4) is 11.5 Å². The fourth-order valence-corrected chi connectivity index (χ4v) is 4.14. The molecule has 1 aliphatic heterocycles. The van der Waals surface area contributed by atoms with Crippen molar-refractivity contribution in [3.05, 3.63) is 58.6 Å². The van der Waals surface area contributed by atoms with Crippen LogP contribution >= 0.6 is 11.6 Å². The molecule has 0 amide bonds. The molecule has 1 fully saturated rings. The lowest BCUT2D eigenvalue weighted by Crippen LogP contribution is -2.38. The first kappa shape index (κ1) is 21.0. The summed E-state index contributed by atoms with van der Waals surface area (Å²) in [7, 11) is 3.87. The van der Waals surface area contributed by atoms with Crippen LogP contribution in [0.1, 0.15) is 24.0 Å². The minimum atomic E-state index is 0.148. The Morgan fingerprint density at radius 1 is 1.11 bits per heavy atom. The summed E-state index contributed by atoms with van der Waals surface area (Å²) in [6.45, 7) is 5.45. The zero-order chi connectivity index (χ0) is 19.9. The fourth-order valence-electron chi connectivity index (χ4n) is 3.94. The topological polar surface area (TPSA) is 35.9 Å². The van der Waals surface area contributed by atoms with Crippen LogP contribution in [-0.2, 0) is 13.0 Å². The van der Waals surface area contributed by atoms with Gasteiger partial charge in [-0.1, -0.05) is 29.8 Å². The first-order valence-electron chi connectivity index (χ1n) is 10.0. The van der Waals surface area contributed by atoms with Crippen LogP contribution in [0.2, 0.25) is 5.02 Å². The molecule has 0 atom stereocenters. The quantitative estimate of drug-likeness (QED) is 0.708. The number of halogens is 1. The molecule has 4 nitrogen and oxygen atoms in total. The van der Waals surface area contributed by atoms with Crippen LogP contribution in [0, 0.1) is 5.92 Å². The van der Waals surface area contributed by atoms with E-state index in [4.69, 9.17) is 16.3 Å². The highest BCUT2D eigenvalue weighted by Crippen LogP contribution is 2.25. The van der Waals surface area contributed by atoms with Gasteiger partial charge in [-0.25, -0.2) is 0 Å². The molecule has 5 heteroatoms. The molecule has 152 valence electrons. The Kier molecular flexibility index (Phi) is 7.60. The minimum Gasteiger partial charge on any atom is -0.506 e. The second-order valence-corrected chi connectivity index (χ2v) is 8.27. The third-order valence-corrected chi connectivity index (χ3v) is 5.92. The predicted octanol–water partition coefficient (Wildman–Crippen LogP) is 4.44. The van der Waals surface area contributed by atoms with Gasteiger partial charge in [0, 0.05) is 19.6 Å². The first-order chi connectivity index (χ1) is 13.5. The summed E-state index contributed by atoms with van der Waals surface area (Å²) in [5.74, 6) is 1.81. The van der Waals surface area contributed by atoms with Crippen molar-refractivity contribution in [3.63, 3.8) is 0 Å². The molecule has 0 aromatic heterocycles. The van der Waals surface area contributed by atoms with Crippen molar-refractivity contribution < 1.29 is 9.84 Å². The molecule has 1 heterocycles. The average molecular weight is 403 g/mol. The molecule has 0 saturated carbocycles. The van der Waals surface area contributed by atoms with Crippen molar-refractivity contribution >= 4 is 11.6 Å². The van der Waals surface area contributed by atoms with Crippen LogP contribution in [0.4, 0.5) is 0 Å². The lowest BCUT2D eigenvalue weighted by atomic mass is 9.95. The number of phenols is 1. The molecule has 1 N–H and O–H groups in total. The zero-order valence-electron chi connectivity index (χ0n) is 16.9. The monoisotopic (exact) mass is 402 g/mol. The van der Waals surface area contributed by atoms with E-state index in [0.717, 1.165) is 43.3 Å². The third-order valence-electron chi connectivity index (χ3n) is 5.62. The van der Waals surface area contributed by atoms with Gasteiger partial charge < -0.3 is 19.6 Å². The van der Waals surface area contributed by atoms with Gasteiger partial charge in [0.25, 0.3) is 0 Å². The fraction of sp³-hybridized carbons (Fsp3) is 0.478. The van der Waals surface area contributed by atoms with Gasteiger partial charge in [0.05, 0.1) is 12.1 Å². The van der Waals surface area contributed by atoms with E-state index in [2.05, 4.69) is 29.0 Å². The number of likely N-dealkylation sites (tertiary alicyclic amines) is 1. The van der Waals surface area contributed by atoms with Crippen LogP contribution in [0.5, 0.6) is 11.5 Å². The number of nitrogens with zero attached hydrogens (tertiary/aromatic N) is 2. The Hall–Kier alpha value is -1.75. The maximum absolute atomic E-state index is 9.55. The van der Waals surface area contributed by atoms with Gasteiger partial charge in [-0.2, -0.15) is 0 Å². The van der Waals surface area contributed by atoms with Gasteiger partial charge in [-0.05, 0) is 80.7 Å². The summed E-state index contributed by atoms with van der Waals surface area (Å²) < 4.78 is 5.22. The summed E-state index contributed by atoms with van der Waals surface area (Å²) >= 11 is 6.01. The van der Waals surface area contributed by atoms with Crippen LogP contribution in [0.15, 0.2) is 42.5 Å². The first-order valence-corrected chi connectivity index (χ1v) is 10.4. The maximum Gasteiger partial charge on any atom is 0.134 e. The number of hydrogen-bond donors (Lipinski definition) is 1. The van der Waals surface area contributed by atoms with Gasteiger partial charge in [0.1, 0.15) is 11.5 Å². The Labute approximate surface area is 173 Å². The molecule has 1 saturated heterocycles. The molecule has 0 aliphatic carbocycles. The number of aromatic hydroxyl groups is 1. The van der Waals surface area contributed by atoms with E-state index in [9.17, 15) is 5.11 Å². The molecule has 2 aromatic carbocycles. The second-order valence-electron chi connectivity index (χ2n) is 7.87. The smallest absolute Gasteiger partial charge is 0.134 e. The second kappa shape index (κ2) is 10.1. The van der Waals surface area contributed by atoms with Gasteiger partial charge in [0.2, 0.25) is 0 Å². The van der Waals surface area contributed by atoms with Gasteiger partial charge in [-0.15, -0.1) is 0 Å². The molecule has 0 radical (unpaired) electrons. The Morgan fingerprint density at radius 3 is 2.43 bits per heavy atom. The Morgan fingerprint density at radius 2 is 1.79 bits per heavy atom. The Balaban J connectivity index is 1.37. The van der Waals surface area contributed by atoms with Crippen molar-refractivity contribution in [1.29, 1.82) is 0 Å². The molecule has 0 bridgehead atoms. The predicted molar refractivity (Wildman–Crippen MR) is 115 cm³/mol. The van der Waals surface area contributed by atoms with E-state index in [1.165, 1.54) is 31.5 Å². The van der Waals surface area contributed by atoms with E-state index in [0.29, 0.717) is 5.02 Å². The molecule has 0 spiro atoms. The maximum atomic E-state index is 9.55. The van der Waals surface area contributed by atoms with Crippen LogP contribution in [0.25, 0.3) is 0 Å². The van der Waals surface area contributed by atoms with Crippen LogP contribution < -0.4 is 4.74 Å². The molecule has 28 heavy (non-hydrogen) atoms. The summed E-state index contributed by atoms with van der Waals surface area (Å²) in [4.78, 5) is 4.95. The highest BCUT2D eigenvalue weighted by Gasteiger charge is 2.20. The van der Waals surface area contributed by atoms with E-state index in [1.807, 2.05) is 24.3 Å². The zero-order valence-corrected chi connectivity index (χ0v) is 17.7. The third kappa shape index (κ3) is 6.13. The van der Waals surface area contributed by atoms with Crippen molar-refractivity contribution in [2.45, 2.75) is 25.8 Å². The summed E-state index contributed by atoms with van der Waals surface area (Å²) in [6.07, 6.45) is 3.60. The highest BCUT2D eigenvalue weighted by molar-refractivity contribution is 6.32. The lowest BCUT2D eigenvalue weighted by Gasteiger charge is -2.34. The molecule has 1 aliphatic rings. The normalized spacial score (nSPS) is 15.9. The SMILES string of the molecule is COc1ccc(CCN2CCC(CN(C)Cc3ccc(O)c(Cl)c3)CC2)cc1. The molecule has 0 unspecified atom stereocenters. The summed E-state index contributed by atoms with van der Waals surface area (Å²) in [6, 6.07) is 13.9.